The second-order valence-corrected chi connectivity index (χ2v) is 8.34. The number of anilines is 1. The Balaban J connectivity index is 1.47. The van der Waals surface area contributed by atoms with Gasteiger partial charge < -0.3 is 10.2 Å². The Morgan fingerprint density at radius 2 is 1.25 bits per heavy atom. The molecule has 1 aliphatic heterocycles. The Bertz CT molecular complexity index is 1010. The zero-order chi connectivity index (χ0) is 22.7. The van der Waals surface area contributed by atoms with Gasteiger partial charge in [0.2, 0.25) is 0 Å². The molecule has 6 heteroatoms. The van der Waals surface area contributed by atoms with Gasteiger partial charge in [0.05, 0.1) is 6.04 Å². The SMILES string of the molecule is Cc1cc(C)cc(NC(=O)N2CCN(C(c3ccc(F)cc3)c3ccc(F)cc3)CC2)c1. The van der Waals surface area contributed by atoms with E-state index in [1.807, 2.05) is 26.0 Å². The molecule has 0 radical (unpaired) electrons. The van der Waals surface area contributed by atoms with Crippen LogP contribution in [0.25, 0.3) is 0 Å². The molecule has 3 aromatic rings. The van der Waals surface area contributed by atoms with Crippen LogP contribution in [0.4, 0.5) is 19.3 Å². The number of aryl methyl sites for hydroxylation is 2. The van der Waals surface area contributed by atoms with Gasteiger partial charge in [0.25, 0.3) is 0 Å². The van der Waals surface area contributed by atoms with Crippen molar-refractivity contribution in [3.8, 4) is 0 Å². The Kier molecular flexibility index (Phi) is 6.51. The third-order valence-electron chi connectivity index (χ3n) is 5.81. The zero-order valence-corrected chi connectivity index (χ0v) is 18.3. The van der Waals surface area contributed by atoms with Crippen molar-refractivity contribution in [2.24, 2.45) is 0 Å². The standard InChI is InChI=1S/C26H27F2N3O/c1-18-15-19(2)17-24(16-18)29-26(32)31-13-11-30(12-14-31)25(20-3-7-22(27)8-4-20)21-5-9-23(28)10-6-21/h3-10,15-17,25H,11-14H2,1-2H3,(H,29,32). The van der Waals surface area contributed by atoms with Gasteiger partial charge in [-0.1, -0.05) is 30.3 Å². The molecule has 1 fully saturated rings. The van der Waals surface area contributed by atoms with E-state index >= 15 is 0 Å². The monoisotopic (exact) mass is 435 g/mol. The summed E-state index contributed by atoms with van der Waals surface area (Å²) in [5.74, 6) is -0.584. The van der Waals surface area contributed by atoms with Crippen molar-refractivity contribution in [2.45, 2.75) is 19.9 Å². The van der Waals surface area contributed by atoms with Crippen molar-refractivity contribution >= 4 is 11.7 Å². The summed E-state index contributed by atoms with van der Waals surface area (Å²) in [7, 11) is 0. The number of carbonyl (C=O) groups is 1. The van der Waals surface area contributed by atoms with Gasteiger partial charge in [0.1, 0.15) is 11.6 Å². The van der Waals surface area contributed by atoms with Crippen molar-refractivity contribution in [1.29, 1.82) is 0 Å². The lowest BCUT2D eigenvalue weighted by Gasteiger charge is -2.39. The molecule has 32 heavy (non-hydrogen) atoms. The quantitative estimate of drug-likeness (QED) is 0.586. The molecule has 0 aliphatic carbocycles. The second-order valence-electron chi connectivity index (χ2n) is 8.34. The van der Waals surface area contributed by atoms with Gasteiger partial charge in [0, 0.05) is 31.9 Å². The highest BCUT2D eigenvalue weighted by Crippen LogP contribution is 2.30. The molecule has 1 heterocycles. The molecule has 0 spiro atoms. The molecule has 3 aromatic carbocycles. The van der Waals surface area contributed by atoms with E-state index in [0.717, 1.165) is 27.9 Å². The number of piperazine rings is 1. The Morgan fingerprint density at radius 3 is 1.72 bits per heavy atom. The first kappa shape index (κ1) is 22.0. The van der Waals surface area contributed by atoms with Crippen molar-refractivity contribution in [1.82, 2.24) is 9.80 Å². The number of hydrogen-bond donors (Lipinski definition) is 1. The highest BCUT2D eigenvalue weighted by molar-refractivity contribution is 5.89. The van der Waals surface area contributed by atoms with Gasteiger partial charge in [-0.3, -0.25) is 4.90 Å². The molecule has 1 N–H and O–H groups in total. The second kappa shape index (κ2) is 9.49. The van der Waals surface area contributed by atoms with Crippen LogP contribution in [0.1, 0.15) is 28.3 Å². The summed E-state index contributed by atoms with van der Waals surface area (Å²) < 4.78 is 27.0. The van der Waals surface area contributed by atoms with E-state index < -0.39 is 0 Å². The Labute approximate surface area is 187 Å². The van der Waals surface area contributed by atoms with Gasteiger partial charge in [-0.05, 0) is 72.5 Å². The number of nitrogens with zero attached hydrogens (tertiary/aromatic N) is 2. The summed E-state index contributed by atoms with van der Waals surface area (Å²) in [5, 5.41) is 3.00. The number of urea groups is 1. The number of halogens is 2. The summed E-state index contributed by atoms with van der Waals surface area (Å²) in [6.45, 7) is 6.45. The van der Waals surface area contributed by atoms with Crippen LogP contribution in [0.3, 0.4) is 0 Å². The lowest BCUT2D eigenvalue weighted by atomic mass is 9.96. The summed E-state index contributed by atoms with van der Waals surface area (Å²) in [5.41, 5.74) is 4.88. The maximum absolute atomic E-state index is 13.5. The molecule has 0 atom stereocenters. The normalized spacial score (nSPS) is 14.6. The first-order valence-corrected chi connectivity index (χ1v) is 10.8. The molecule has 0 unspecified atom stereocenters. The lowest BCUT2D eigenvalue weighted by Crippen LogP contribution is -2.51. The van der Waals surface area contributed by atoms with Crippen LogP contribution in [0, 0.1) is 25.5 Å². The lowest BCUT2D eigenvalue weighted by molar-refractivity contribution is 0.126. The third-order valence-corrected chi connectivity index (χ3v) is 5.81. The third kappa shape index (κ3) is 5.14. The van der Waals surface area contributed by atoms with Crippen LogP contribution in [0.15, 0.2) is 66.7 Å². The molecule has 4 nitrogen and oxygen atoms in total. The highest BCUT2D eigenvalue weighted by atomic mass is 19.1. The molecule has 0 saturated carbocycles. The van der Waals surface area contributed by atoms with Crippen molar-refractivity contribution in [3.05, 3.63) is 101 Å². The van der Waals surface area contributed by atoms with Gasteiger partial charge >= 0.3 is 6.03 Å². The largest absolute Gasteiger partial charge is 0.322 e. The fourth-order valence-electron chi connectivity index (χ4n) is 4.34. The molecule has 0 aromatic heterocycles. The summed E-state index contributed by atoms with van der Waals surface area (Å²) in [6, 6.07) is 18.6. The Hall–Kier alpha value is -3.25. The molecular weight excluding hydrogens is 408 g/mol. The zero-order valence-electron chi connectivity index (χ0n) is 18.3. The average Bonchev–Trinajstić information content (AvgIpc) is 2.76. The molecule has 0 bridgehead atoms. The van der Waals surface area contributed by atoms with Gasteiger partial charge in [-0.25, -0.2) is 13.6 Å². The number of carbonyl (C=O) groups excluding carboxylic acids is 1. The average molecular weight is 436 g/mol. The van der Waals surface area contributed by atoms with E-state index in [9.17, 15) is 13.6 Å². The minimum Gasteiger partial charge on any atom is -0.322 e. The van der Waals surface area contributed by atoms with Crippen molar-refractivity contribution in [3.63, 3.8) is 0 Å². The van der Waals surface area contributed by atoms with E-state index in [1.54, 1.807) is 29.2 Å². The summed E-state index contributed by atoms with van der Waals surface area (Å²) in [6.07, 6.45) is 0. The number of amides is 2. The topological polar surface area (TPSA) is 35.6 Å². The first-order valence-electron chi connectivity index (χ1n) is 10.8. The fraction of sp³-hybridized carbons (Fsp3) is 0.269. The van der Waals surface area contributed by atoms with Crippen LogP contribution >= 0.6 is 0 Å². The Morgan fingerprint density at radius 1 is 0.781 bits per heavy atom. The number of benzene rings is 3. The van der Waals surface area contributed by atoms with Crippen LogP contribution in [-0.4, -0.2) is 42.0 Å². The summed E-state index contributed by atoms with van der Waals surface area (Å²) in [4.78, 5) is 16.9. The first-order chi connectivity index (χ1) is 15.4. The molecule has 166 valence electrons. The number of rotatable bonds is 4. The van der Waals surface area contributed by atoms with Gasteiger partial charge in [-0.2, -0.15) is 0 Å². The fourth-order valence-corrected chi connectivity index (χ4v) is 4.34. The number of hydrogen-bond acceptors (Lipinski definition) is 2. The molecule has 4 rings (SSSR count). The van der Waals surface area contributed by atoms with Crippen LogP contribution < -0.4 is 5.32 Å². The molecule has 1 saturated heterocycles. The smallest absolute Gasteiger partial charge is 0.321 e. The maximum atomic E-state index is 13.5. The van der Waals surface area contributed by atoms with E-state index in [-0.39, 0.29) is 23.7 Å². The van der Waals surface area contributed by atoms with Gasteiger partial charge in [0.15, 0.2) is 0 Å². The molecule has 1 aliphatic rings. The molecule has 2 amide bonds. The van der Waals surface area contributed by atoms with Crippen molar-refractivity contribution in [2.75, 3.05) is 31.5 Å². The van der Waals surface area contributed by atoms with Crippen LogP contribution in [0.2, 0.25) is 0 Å². The van der Waals surface area contributed by atoms with Crippen LogP contribution in [0.5, 0.6) is 0 Å². The highest BCUT2D eigenvalue weighted by Gasteiger charge is 2.28. The van der Waals surface area contributed by atoms with E-state index in [4.69, 9.17) is 0 Å². The predicted octanol–water partition coefficient (Wildman–Crippen LogP) is 5.52. The van der Waals surface area contributed by atoms with Gasteiger partial charge in [-0.15, -0.1) is 0 Å². The predicted molar refractivity (Wildman–Crippen MR) is 123 cm³/mol. The van der Waals surface area contributed by atoms with E-state index in [0.29, 0.717) is 26.2 Å². The maximum Gasteiger partial charge on any atom is 0.321 e. The summed E-state index contributed by atoms with van der Waals surface area (Å²) >= 11 is 0. The minimum absolute atomic E-state index is 0.116. The number of nitrogens with one attached hydrogen (secondary N) is 1. The van der Waals surface area contributed by atoms with Crippen LogP contribution in [-0.2, 0) is 0 Å². The van der Waals surface area contributed by atoms with E-state index in [2.05, 4.69) is 16.3 Å². The molecular formula is C26H27F2N3O. The van der Waals surface area contributed by atoms with Crippen molar-refractivity contribution < 1.29 is 13.6 Å². The van der Waals surface area contributed by atoms with E-state index in [1.165, 1.54) is 24.3 Å². The minimum atomic E-state index is -0.292.